The number of ether oxygens (including phenoxy) is 2. The van der Waals surface area contributed by atoms with Crippen LogP contribution < -0.4 is 10.1 Å². The Labute approximate surface area is 209 Å². The van der Waals surface area contributed by atoms with Gasteiger partial charge in [0.1, 0.15) is 5.75 Å². The normalized spacial score (nSPS) is 16.4. The Bertz CT molecular complexity index is 1120. The third-order valence-corrected chi connectivity index (χ3v) is 6.58. The lowest BCUT2D eigenvalue weighted by Crippen LogP contribution is -2.39. The third-order valence-electron chi connectivity index (χ3n) is 6.58. The molecule has 0 saturated heterocycles. The molecule has 1 amide bonds. The van der Waals surface area contributed by atoms with Crippen LogP contribution in [-0.2, 0) is 22.5 Å². The molecule has 0 saturated carbocycles. The zero-order valence-electron chi connectivity index (χ0n) is 21.0. The van der Waals surface area contributed by atoms with E-state index in [0.29, 0.717) is 19.6 Å². The maximum Gasteiger partial charge on any atom is 0.261 e. The topological polar surface area (TPSA) is 50.8 Å². The van der Waals surface area contributed by atoms with E-state index in [-0.39, 0.29) is 11.9 Å². The molecule has 0 aromatic heterocycles. The lowest BCUT2D eigenvalue weighted by atomic mass is 9.87. The molecule has 2 atom stereocenters. The van der Waals surface area contributed by atoms with Gasteiger partial charge in [0.05, 0.1) is 12.6 Å². The minimum absolute atomic E-state index is 0.108. The first-order valence-corrected chi connectivity index (χ1v) is 12.5. The second-order valence-electron chi connectivity index (χ2n) is 9.18. The van der Waals surface area contributed by atoms with E-state index in [1.54, 1.807) is 7.11 Å². The van der Waals surface area contributed by atoms with Gasteiger partial charge in [0.15, 0.2) is 6.10 Å². The predicted molar refractivity (Wildman–Crippen MR) is 140 cm³/mol. The van der Waals surface area contributed by atoms with E-state index in [9.17, 15) is 4.79 Å². The van der Waals surface area contributed by atoms with E-state index >= 15 is 0 Å². The van der Waals surface area contributed by atoms with Crippen molar-refractivity contribution in [3.63, 3.8) is 0 Å². The van der Waals surface area contributed by atoms with Gasteiger partial charge < -0.3 is 14.8 Å². The Balaban J connectivity index is 1.62. The number of methoxy groups -OCH3 is 1. The molecule has 0 aliphatic carbocycles. The van der Waals surface area contributed by atoms with Crippen molar-refractivity contribution in [2.45, 2.75) is 45.4 Å². The summed E-state index contributed by atoms with van der Waals surface area (Å²) in [6, 6.07) is 25.9. The molecule has 1 aliphatic rings. The van der Waals surface area contributed by atoms with Crippen molar-refractivity contribution in [2.24, 2.45) is 0 Å². The summed E-state index contributed by atoms with van der Waals surface area (Å²) < 4.78 is 11.2. The van der Waals surface area contributed by atoms with Gasteiger partial charge in [-0.25, -0.2) is 0 Å². The number of hydrogen-bond acceptors (Lipinski definition) is 4. The second kappa shape index (κ2) is 12.0. The maximum atomic E-state index is 12.6. The number of amides is 1. The number of carbonyl (C=O) groups excluding carboxylic acids is 1. The van der Waals surface area contributed by atoms with Crippen LogP contribution >= 0.6 is 0 Å². The monoisotopic (exact) mass is 472 g/mol. The lowest BCUT2D eigenvalue weighted by Gasteiger charge is -2.38. The van der Waals surface area contributed by atoms with E-state index in [0.717, 1.165) is 25.3 Å². The molecular weight excluding hydrogens is 436 g/mol. The molecule has 1 aliphatic heterocycles. The van der Waals surface area contributed by atoms with Crippen molar-refractivity contribution >= 4 is 5.91 Å². The molecule has 1 N–H and O–H groups in total. The van der Waals surface area contributed by atoms with Gasteiger partial charge in [0.2, 0.25) is 0 Å². The molecule has 0 bridgehead atoms. The minimum atomic E-state index is -0.535. The van der Waals surface area contributed by atoms with Crippen LogP contribution in [0.15, 0.2) is 72.8 Å². The molecule has 0 radical (unpaired) electrons. The summed E-state index contributed by atoms with van der Waals surface area (Å²) in [6.45, 7) is 6.93. The quantitative estimate of drug-likeness (QED) is 0.419. The fraction of sp³-hybridized carbons (Fsp3) is 0.367. The number of nitrogens with zero attached hydrogens (tertiary/aromatic N) is 1. The van der Waals surface area contributed by atoms with Gasteiger partial charge in [-0.15, -0.1) is 0 Å². The van der Waals surface area contributed by atoms with E-state index in [1.165, 1.54) is 27.8 Å². The van der Waals surface area contributed by atoms with E-state index in [2.05, 4.69) is 83.9 Å². The molecule has 3 aromatic carbocycles. The van der Waals surface area contributed by atoms with E-state index < -0.39 is 6.10 Å². The van der Waals surface area contributed by atoms with Crippen molar-refractivity contribution in [3.05, 3.63) is 101 Å². The van der Waals surface area contributed by atoms with Gasteiger partial charge >= 0.3 is 0 Å². The molecule has 0 unspecified atom stereocenters. The fourth-order valence-electron chi connectivity index (χ4n) is 4.84. The molecule has 0 spiro atoms. The van der Waals surface area contributed by atoms with E-state index in [4.69, 9.17) is 9.47 Å². The number of nitrogens with one attached hydrogen (secondary N) is 1. The summed E-state index contributed by atoms with van der Waals surface area (Å²) in [5.74, 6) is 0.624. The number of aryl methyl sites for hydroxylation is 1. The summed E-state index contributed by atoms with van der Waals surface area (Å²) in [4.78, 5) is 15.2. The molecular formula is C30H36N2O3. The molecule has 5 heteroatoms. The van der Waals surface area contributed by atoms with Gasteiger partial charge in [0.25, 0.3) is 5.91 Å². The van der Waals surface area contributed by atoms with Crippen LogP contribution in [0.1, 0.15) is 47.2 Å². The number of benzene rings is 3. The van der Waals surface area contributed by atoms with Crippen molar-refractivity contribution < 1.29 is 14.3 Å². The molecule has 5 nitrogen and oxygen atoms in total. The first-order valence-electron chi connectivity index (χ1n) is 12.5. The zero-order valence-corrected chi connectivity index (χ0v) is 21.0. The maximum absolute atomic E-state index is 12.6. The summed E-state index contributed by atoms with van der Waals surface area (Å²) in [5.41, 5.74) is 6.45. The Morgan fingerprint density at radius 1 is 1.09 bits per heavy atom. The van der Waals surface area contributed by atoms with Gasteiger partial charge in [0, 0.05) is 26.7 Å². The van der Waals surface area contributed by atoms with Crippen LogP contribution in [0, 0.1) is 6.92 Å². The van der Waals surface area contributed by atoms with Gasteiger partial charge in [-0.3, -0.25) is 9.69 Å². The van der Waals surface area contributed by atoms with Gasteiger partial charge in [-0.2, -0.15) is 0 Å². The van der Waals surface area contributed by atoms with Crippen LogP contribution in [0.25, 0.3) is 0 Å². The van der Waals surface area contributed by atoms with Crippen LogP contribution in [-0.4, -0.2) is 43.7 Å². The Morgan fingerprint density at radius 3 is 2.66 bits per heavy atom. The molecule has 1 heterocycles. The van der Waals surface area contributed by atoms with Crippen molar-refractivity contribution in [3.8, 4) is 5.75 Å². The molecule has 3 aromatic rings. The van der Waals surface area contributed by atoms with E-state index in [1.807, 2.05) is 13.0 Å². The summed E-state index contributed by atoms with van der Waals surface area (Å²) >= 11 is 0. The predicted octanol–water partition coefficient (Wildman–Crippen LogP) is 5.06. The fourth-order valence-corrected chi connectivity index (χ4v) is 4.84. The second-order valence-corrected chi connectivity index (χ2v) is 9.18. The summed E-state index contributed by atoms with van der Waals surface area (Å²) in [6.07, 6.45) is 1.05. The Kier molecular flexibility index (Phi) is 8.56. The first-order chi connectivity index (χ1) is 17.1. The van der Waals surface area contributed by atoms with Crippen LogP contribution in [0.2, 0.25) is 0 Å². The van der Waals surface area contributed by atoms with Crippen molar-refractivity contribution in [1.29, 1.82) is 0 Å². The van der Waals surface area contributed by atoms with Crippen molar-refractivity contribution in [2.75, 3.05) is 26.8 Å². The van der Waals surface area contributed by atoms with Gasteiger partial charge in [-0.1, -0.05) is 73.2 Å². The van der Waals surface area contributed by atoms with Crippen LogP contribution in [0.3, 0.4) is 0 Å². The lowest BCUT2D eigenvalue weighted by molar-refractivity contribution is -0.128. The summed E-state index contributed by atoms with van der Waals surface area (Å²) in [7, 11) is 1.62. The molecule has 35 heavy (non-hydrogen) atoms. The number of rotatable bonds is 10. The number of carbonyl (C=O) groups is 1. The summed E-state index contributed by atoms with van der Waals surface area (Å²) in [5, 5.41) is 2.89. The molecule has 0 fully saturated rings. The highest BCUT2D eigenvalue weighted by molar-refractivity contribution is 5.81. The zero-order chi connectivity index (χ0) is 24.6. The molecule has 184 valence electrons. The highest BCUT2D eigenvalue weighted by Crippen LogP contribution is 2.38. The standard InChI is InChI=1S/C30H36N2O3/c1-4-28(30(33)31-16-18-34-3)35-26-14-13-24-15-17-32(21-23-10-8-9-22(2)19-23)29(27(24)20-26)25-11-6-5-7-12-25/h5-14,19-20,28-29H,4,15-18,21H2,1-3H3,(H,31,33)/t28-,29+/m0/s1. The average molecular weight is 473 g/mol. The largest absolute Gasteiger partial charge is 0.481 e. The van der Waals surface area contributed by atoms with Crippen molar-refractivity contribution in [1.82, 2.24) is 10.2 Å². The number of hydrogen-bond donors (Lipinski definition) is 1. The minimum Gasteiger partial charge on any atom is -0.481 e. The van der Waals surface area contributed by atoms with Gasteiger partial charge in [-0.05, 0) is 54.2 Å². The highest BCUT2D eigenvalue weighted by atomic mass is 16.5. The highest BCUT2D eigenvalue weighted by Gasteiger charge is 2.30. The Morgan fingerprint density at radius 2 is 1.91 bits per heavy atom. The van der Waals surface area contributed by atoms with Crippen LogP contribution in [0.4, 0.5) is 0 Å². The average Bonchev–Trinajstić information content (AvgIpc) is 2.87. The smallest absolute Gasteiger partial charge is 0.261 e. The Hall–Kier alpha value is -3.15. The third kappa shape index (κ3) is 6.30. The first kappa shape index (κ1) is 25.0. The molecule has 4 rings (SSSR count). The SMILES string of the molecule is CC[C@H](Oc1ccc2c(c1)[C@@H](c1ccccc1)N(Cc1cccc(C)c1)CC2)C(=O)NCCOC. The number of fused-ring (bicyclic) bond motifs is 1. The van der Waals surface area contributed by atoms with Crippen LogP contribution in [0.5, 0.6) is 5.75 Å².